The van der Waals surface area contributed by atoms with E-state index in [1.54, 1.807) is 0 Å². The molecule has 2 unspecified atom stereocenters. The molecule has 0 amide bonds. The summed E-state index contributed by atoms with van der Waals surface area (Å²) in [5, 5.41) is 3.26. The summed E-state index contributed by atoms with van der Waals surface area (Å²) in [6.07, 6.45) is 5.14. The van der Waals surface area contributed by atoms with Gasteiger partial charge in [-0.25, -0.2) is 9.97 Å². The summed E-state index contributed by atoms with van der Waals surface area (Å²) in [6, 6.07) is 0. The number of hydrogen-bond acceptors (Lipinski definition) is 3. The lowest BCUT2D eigenvalue weighted by molar-refractivity contribution is 0.716. The van der Waals surface area contributed by atoms with E-state index in [0.717, 1.165) is 24.8 Å². The van der Waals surface area contributed by atoms with Crippen molar-refractivity contribution in [2.75, 3.05) is 6.54 Å². The minimum absolute atomic E-state index is 0.628. The summed E-state index contributed by atoms with van der Waals surface area (Å²) in [5.74, 6) is 2.44. The van der Waals surface area contributed by atoms with Gasteiger partial charge in [0, 0.05) is 30.4 Å². The molecule has 3 heteroatoms. The van der Waals surface area contributed by atoms with E-state index in [4.69, 9.17) is 0 Å². The van der Waals surface area contributed by atoms with Crippen molar-refractivity contribution in [3.63, 3.8) is 0 Å². The van der Waals surface area contributed by atoms with E-state index in [1.165, 1.54) is 12.0 Å². The largest absolute Gasteiger partial charge is 0.313 e. The molecule has 1 aliphatic carbocycles. The third kappa shape index (κ3) is 2.10. The molecular weight excluding hydrogens is 174 g/mol. The van der Waals surface area contributed by atoms with Crippen LogP contribution in [0.4, 0.5) is 0 Å². The molecule has 2 atom stereocenters. The zero-order valence-corrected chi connectivity index (χ0v) is 8.83. The van der Waals surface area contributed by atoms with Gasteiger partial charge in [-0.2, -0.15) is 0 Å². The van der Waals surface area contributed by atoms with Crippen LogP contribution in [0.5, 0.6) is 0 Å². The highest BCUT2D eigenvalue weighted by molar-refractivity contribution is 5.12. The maximum Gasteiger partial charge on any atom is 0.131 e. The number of rotatable bonds is 4. The molecule has 0 spiro atoms. The molecule has 1 aliphatic rings. The molecule has 2 rings (SSSR count). The van der Waals surface area contributed by atoms with Crippen LogP contribution in [-0.2, 0) is 6.54 Å². The van der Waals surface area contributed by atoms with Gasteiger partial charge in [-0.1, -0.05) is 13.8 Å². The summed E-state index contributed by atoms with van der Waals surface area (Å²) >= 11 is 0. The van der Waals surface area contributed by atoms with Gasteiger partial charge in [0.15, 0.2) is 0 Å². The van der Waals surface area contributed by atoms with E-state index >= 15 is 0 Å². The molecular formula is C11H17N3. The first kappa shape index (κ1) is 9.59. The van der Waals surface area contributed by atoms with Crippen molar-refractivity contribution in [3.8, 4) is 0 Å². The second-order valence-corrected chi connectivity index (χ2v) is 4.05. The summed E-state index contributed by atoms with van der Waals surface area (Å²) < 4.78 is 0. The lowest BCUT2D eigenvalue weighted by Crippen LogP contribution is -2.12. The van der Waals surface area contributed by atoms with Gasteiger partial charge >= 0.3 is 0 Å². The molecule has 1 N–H and O–H groups in total. The Labute approximate surface area is 85.0 Å². The fourth-order valence-corrected chi connectivity index (χ4v) is 1.60. The fourth-order valence-electron chi connectivity index (χ4n) is 1.60. The zero-order valence-electron chi connectivity index (χ0n) is 8.83. The molecule has 1 fully saturated rings. The van der Waals surface area contributed by atoms with Gasteiger partial charge in [-0.05, 0) is 18.9 Å². The van der Waals surface area contributed by atoms with E-state index in [0.29, 0.717) is 5.92 Å². The monoisotopic (exact) mass is 191 g/mol. The molecule has 1 aromatic heterocycles. The van der Waals surface area contributed by atoms with Gasteiger partial charge in [0.25, 0.3) is 0 Å². The van der Waals surface area contributed by atoms with Crippen molar-refractivity contribution in [3.05, 3.63) is 23.8 Å². The van der Waals surface area contributed by atoms with E-state index in [2.05, 4.69) is 29.1 Å². The highest BCUT2D eigenvalue weighted by Gasteiger charge is 2.36. The molecule has 0 aliphatic heterocycles. The Hall–Kier alpha value is -0.960. The maximum atomic E-state index is 4.39. The molecule has 0 radical (unpaired) electrons. The van der Waals surface area contributed by atoms with Crippen LogP contribution >= 0.6 is 0 Å². The standard InChI is InChI=1S/C11H17N3/c1-3-12-5-9-6-13-11(14-7-9)10-4-8(10)2/h6-8,10,12H,3-5H2,1-2H3. The molecule has 1 heterocycles. The average molecular weight is 191 g/mol. The van der Waals surface area contributed by atoms with Gasteiger partial charge < -0.3 is 5.32 Å². The van der Waals surface area contributed by atoms with Crippen LogP contribution in [0.3, 0.4) is 0 Å². The SMILES string of the molecule is CCNCc1cnc(C2CC2C)nc1. The van der Waals surface area contributed by atoms with E-state index in [9.17, 15) is 0 Å². The Kier molecular flexibility index (Phi) is 2.77. The lowest BCUT2D eigenvalue weighted by atomic mass is 10.3. The Morgan fingerprint density at radius 1 is 1.43 bits per heavy atom. The van der Waals surface area contributed by atoms with Gasteiger partial charge in [0.2, 0.25) is 0 Å². The van der Waals surface area contributed by atoms with Crippen molar-refractivity contribution < 1.29 is 0 Å². The maximum absolute atomic E-state index is 4.39. The lowest BCUT2D eigenvalue weighted by Gasteiger charge is -2.02. The van der Waals surface area contributed by atoms with Crippen LogP contribution in [0.2, 0.25) is 0 Å². The van der Waals surface area contributed by atoms with Crippen LogP contribution in [0.15, 0.2) is 12.4 Å². The van der Waals surface area contributed by atoms with Crippen LogP contribution in [0.1, 0.15) is 37.6 Å². The van der Waals surface area contributed by atoms with Crippen molar-refractivity contribution >= 4 is 0 Å². The third-order valence-corrected chi connectivity index (χ3v) is 2.75. The Bertz CT molecular complexity index is 294. The smallest absolute Gasteiger partial charge is 0.131 e. The van der Waals surface area contributed by atoms with Crippen molar-refractivity contribution in [2.45, 2.75) is 32.7 Å². The normalized spacial score (nSPS) is 25.0. The predicted molar refractivity (Wildman–Crippen MR) is 55.9 cm³/mol. The van der Waals surface area contributed by atoms with Crippen molar-refractivity contribution in [1.29, 1.82) is 0 Å². The highest BCUT2D eigenvalue weighted by atomic mass is 14.9. The van der Waals surface area contributed by atoms with E-state index < -0.39 is 0 Å². The summed E-state index contributed by atoms with van der Waals surface area (Å²) in [7, 11) is 0. The Morgan fingerprint density at radius 3 is 2.57 bits per heavy atom. The number of aromatic nitrogens is 2. The molecule has 0 bridgehead atoms. The second-order valence-electron chi connectivity index (χ2n) is 4.05. The van der Waals surface area contributed by atoms with E-state index in [1.807, 2.05) is 12.4 Å². The zero-order chi connectivity index (χ0) is 9.97. The highest BCUT2D eigenvalue weighted by Crippen LogP contribution is 2.44. The average Bonchev–Trinajstić information content (AvgIpc) is 2.93. The van der Waals surface area contributed by atoms with Gasteiger partial charge in [0.05, 0.1) is 0 Å². The molecule has 0 aromatic carbocycles. The molecule has 14 heavy (non-hydrogen) atoms. The predicted octanol–water partition coefficient (Wildman–Crippen LogP) is 1.71. The molecule has 1 saturated carbocycles. The number of nitrogens with zero attached hydrogens (tertiary/aromatic N) is 2. The summed E-state index contributed by atoms with van der Waals surface area (Å²) in [5.41, 5.74) is 1.17. The Morgan fingerprint density at radius 2 is 2.07 bits per heavy atom. The van der Waals surface area contributed by atoms with Crippen molar-refractivity contribution in [2.24, 2.45) is 5.92 Å². The van der Waals surface area contributed by atoms with Crippen LogP contribution in [-0.4, -0.2) is 16.5 Å². The summed E-state index contributed by atoms with van der Waals surface area (Å²) in [6.45, 7) is 6.21. The third-order valence-electron chi connectivity index (χ3n) is 2.75. The first-order valence-corrected chi connectivity index (χ1v) is 5.32. The van der Waals surface area contributed by atoms with Gasteiger partial charge in [-0.15, -0.1) is 0 Å². The van der Waals surface area contributed by atoms with Crippen LogP contribution in [0, 0.1) is 5.92 Å². The van der Waals surface area contributed by atoms with E-state index in [-0.39, 0.29) is 0 Å². The minimum Gasteiger partial charge on any atom is -0.313 e. The van der Waals surface area contributed by atoms with Gasteiger partial charge in [-0.3, -0.25) is 0 Å². The fraction of sp³-hybridized carbons (Fsp3) is 0.636. The quantitative estimate of drug-likeness (QED) is 0.787. The molecule has 0 saturated heterocycles. The van der Waals surface area contributed by atoms with Crippen LogP contribution < -0.4 is 5.32 Å². The van der Waals surface area contributed by atoms with Crippen LogP contribution in [0.25, 0.3) is 0 Å². The molecule has 1 aromatic rings. The molecule has 76 valence electrons. The number of nitrogens with one attached hydrogen (secondary N) is 1. The summed E-state index contributed by atoms with van der Waals surface area (Å²) in [4.78, 5) is 8.79. The Balaban J connectivity index is 1.96. The first-order valence-electron chi connectivity index (χ1n) is 5.32. The topological polar surface area (TPSA) is 37.8 Å². The van der Waals surface area contributed by atoms with Gasteiger partial charge in [0.1, 0.15) is 5.82 Å². The second kappa shape index (κ2) is 4.05. The minimum atomic E-state index is 0.628. The number of hydrogen-bond donors (Lipinski definition) is 1. The molecule has 3 nitrogen and oxygen atoms in total. The van der Waals surface area contributed by atoms with Crippen molar-refractivity contribution in [1.82, 2.24) is 15.3 Å². The first-order chi connectivity index (χ1) is 6.81.